The van der Waals surface area contributed by atoms with E-state index in [1.807, 2.05) is 6.92 Å². The Morgan fingerprint density at radius 1 is 1.11 bits per heavy atom. The van der Waals surface area contributed by atoms with Crippen LogP contribution in [0, 0.1) is 6.92 Å². The molecular formula is C21H26O6. The molecule has 1 saturated heterocycles. The molecule has 0 bridgehead atoms. The number of rotatable bonds is 7. The lowest BCUT2D eigenvalue weighted by Crippen LogP contribution is -2.23. The van der Waals surface area contributed by atoms with Crippen molar-refractivity contribution in [2.45, 2.75) is 40.2 Å². The Morgan fingerprint density at radius 3 is 2.22 bits per heavy atom. The van der Waals surface area contributed by atoms with Gasteiger partial charge in [0, 0.05) is 16.7 Å². The third-order valence-corrected chi connectivity index (χ3v) is 4.63. The first-order chi connectivity index (χ1) is 12.8. The van der Waals surface area contributed by atoms with Crippen LogP contribution >= 0.6 is 0 Å². The average Bonchev–Trinajstić information content (AvgIpc) is 3.45. The lowest BCUT2D eigenvalue weighted by molar-refractivity contribution is -0.141. The van der Waals surface area contributed by atoms with E-state index in [1.165, 1.54) is 0 Å². The summed E-state index contributed by atoms with van der Waals surface area (Å²) < 4.78 is 22.0. The molecule has 0 aromatic heterocycles. The van der Waals surface area contributed by atoms with Gasteiger partial charge in [-0.2, -0.15) is 0 Å². The van der Waals surface area contributed by atoms with Crippen molar-refractivity contribution in [3.63, 3.8) is 0 Å². The molecule has 1 fully saturated rings. The van der Waals surface area contributed by atoms with E-state index in [0.717, 1.165) is 5.56 Å². The summed E-state index contributed by atoms with van der Waals surface area (Å²) in [6, 6.07) is 3.50. The van der Waals surface area contributed by atoms with Gasteiger partial charge in [-0.1, -0.05) is 12.2 Å². The van der Waals surface area contributed by atoms with Gasteiger partial charge in [-0.15, -0.1) is 0 Å². The summed E-state index contributed by atoms with van der Waals surface area (Å²) in [7, 11) is 1.57. The number of carbonyl (C=O) groups excluding carboxylic acids is 2. The highest BCUT2D eigenvalue weighted by atomic mass is 16.6. The molecule has 1 aromatic rings. The number of hydrogen-bond acceptors (Lipinski definition) is 6. The molecule has 0 radical (unpaired) electrons. The zero-order chi connectivity index (χ0) is 20.2. The number of ether oxygens (including phenoxy) is 4. The highest BCUT2D eigenvalue weighted by Gasteiger charge is 2.50. The fourth-order valence-electron chi connectivity index (χ4n) is 2.44. The average molecular weight is 374 g/mol. The Balaban J connectivity index is 2.35. The molecule has 0 N–H and O–H groups in total. The number of esters is 2. The van der Waals surface area contributed by atoms with Crippen molar-refractivity contribution in [2.75, 3.05) is 20.3 Å². The number of benzene rings is 1. The maximum absolute atomic E-state index is 12.2. The van der Waals surface area contributed by atoms with Gasteiger partial charge >= 0.3 is 11.9 Å². The van der Waals surface area contributed by atoms with Crippen LogP contribution in [0.3, 0.4) is 0 Å². The summed E-state index contributed by atoms with van der Waals surface area (Å²) in [5.74, 6) is 0.157. The van der Waals surface area contributed by atoms with E-state index >= 15 is 0 Å². The number of epoxide rings is 1. The second kappa shape index (κ2) is 8.39. The van der Waals surface area contributed by atoms with Crippen molar-refractivity contribution in [1.82, 2.24) is 0 Å². The van der Waals surface area contributed by atoms with Crippen molar-refractivity contribution >= 4 is 11.9 Å². The topological polar surface area (TPSA) is 74.4 Å². The molecule has 0 saturated carbocycles. The van der Waals surface area contributed by atoms with Gasteiger partial charge in [-0.05, 0) is 52.3 Å². The number of methoxy groups -OCH3 is 1. The highest BCUT2D eigenvalue weighted by Crippen LogP contribution is 2.46. The summed E-state index contributed by atoms with van der Waals surface area (Å²) in [4.78, 5) is 24.2. The molecule has 0 aliphatic carbocycles. The van der Waals surface area contributed by atoms with Crippen LogP contribution in [-0.4, -0.2) is 32.3 Å². The van der Waals surface area contributed by atoms with Crippen LogP contribution in [0.2, 0.25) is 0 Å². The Kier molecular flexibility index (Phi) is 6.44. The van der Waals surface area contributed by atoms with Crippen LogP contribution in [0.1, 0.15) is 38.8 Å². The van der Waals surface area contributed by atoms with Gasteiger partial charge in [0.15, 0.2) is 5.60 Å². The molecule has 1 heterocycles. The minimum absolute atomic E-state index is 0.0242. The van der Waals surface area contributed by atoms with Gasteiger partial charge in [-0.25, -0.2) is 9.59 Å². The third kappa shape index (κ3) is 4.57. The predicted octanol–water partition coefficient (Wildman–Crippen LogP) is 3.61. The van der Waals surface area contributed by atoms with Crippen molar-refractivity contribution in [3.05, 3.63) is 46.6 Å². The third-order valence-electron chi connectivity index (χ3n) is 4.63. The molecule has 2 rings (SSSR count). The monoisotopic (exact) mass is 374 g/mol. The highest BCUT2D eigenvalue weighted by molar-refractivity contribution is 5.90. The molecule has 0 amide bonds. The summed E-state index contributed by atoms with van der Waals surface area (Å²) >= 11 is 0. The molecule has 27 heavy (non-hydrogen) atoms. The molecule has 6 nitrogen and oxygen atoms in total. The molecule has 0 spiro atoms. The van der Waals surface area contributed by atoms with Gasteiger partial charge < -0.3 is 18.9 Å². The summed E-state index contributed by atoms with van der Waals surface area (Å²) in [5.41, 5.74) is 1.61. The van der Waals surface area contributed by atoms with Crippen molar-refractivity contribution in [1.29, 1.82) is 0 Å². The van der Waals surface area contributed by atoms with E-state index in [0.29, 0.717) is 34.8 Å². The van der Waals surface area contributed by atoms with Crippen LogP contribution in [-0.2, 0) is 24.7 Å². The first-order valence-electron chi connectivity index (χ1n) is 8.76. The Labute approximate surface area is 159 Å². The Hall–Kier alpha value is -2.60. The van der Waals surface area contributed by atoms with E-state index in [4.69, 9.17) is 18.9 Å². The molecule has 0 unspecified atom stereocenters. The first-order valence-corrected chi connectivity index (χ1v) is 8.76. The van der Waals surface area contributed by atoms with Crippen LogP contribution < -0.4 is 9.47 Å². The molecule has 1 aliphatic heterocycles. The van der Waals surface area contributed by atoms with Gasteiger partial charge in [0.1, 0.15) is 18.1 Å². The fourth-order valence-corrected chi connectivity index (χ4v) is 2.44. The van der Waals surface area contributed by atoms with Crippen molar-refractivity contribution < 1.29 is 28.5 Å². The molecular weight excluding hydrogens is 348 g/mol. The summed E-state index contributed by atoms with van der Waals surface area (Å²) in [5, 5.41) is 0. The Morgan fingerprint density at radius 2 is 1.70 bits per heavy atom. The van der Waals surface area contributed by atoms with Crippen LogP contribution in [0.4, 0.5) is 0 Å². The molecule has 6 heteroatoms. The maximum Gasteiger partial charge on any atom is 0.338 e. The lowest BCUT2D eigenvalue weighted by atomic mass is 9.97. The summed E-state index contributed by atoms with van der Waals surface area (Å²) in [6.07, 6.45) is 3.37. The normalized spacial score (nSPS) is 19.5. The largest absolute Gasteiger partial charge is 0.496 e. The van der Waals surface area contributed by atoms with Crippen LogP contribution in [0.15, 0.2) is 35.4 Å². The van der Waals surface area contributed by atoms with E-state index in [1.54, 1.807) is 59.1 Å². The second-order valence-corrected chi connectivity index (χ2v) is 6.51. The van der Waals surface area contributed by atoms with E-state index < -0.39 is 17.5 Å². The van der Waals surface area contributed by atoms with Crippen LogP contribution in [0.25, 0.3) is 0 Å². The predicted molar refractivity (Wildman–Crippen MR) is 101 cm³/mol. The number of allylic oxidation sites excluding steroid dienone is 2. The second-order valence-electron chi connectivity index (χ2n) is 6.51. The molecule has 146 valence electrons. The SMILES string of the molecule is C/C=C(\C)C(=O)OC[C@@]1(c2cc(OC)c(C)cc2OC(=O)/C(C)=C/C)CO1. The van der Waals surface area contributed by atoms with Crippen molar-refractivity contribution in [3.8, 4) is 11.5 Å². The fraction of sp³-hybridized carbons (Fsp3) is 0.429. The molecule has 1 aliphatic rings. The number of carbonyl (C=O) groups is 2. The minimum atomic E-state index is -0.843. The smallest absolute Gasteiger partial charge is 0.338 e. The molecule has 1 atom stereocenters. The first kappa shape index (κ1) is 20.7. The lowest BCUT2D eigenvalue weighted by Gasteiger charge is -2.19. The number of aryl methyl sites for hydroxylation is 1. The van der Waals surface area contributed by atoms with Crippen LogP contribution in [0.5, 0.6) is 11.5 Å². The number of hydrogen-bond donors (Lipinski definition) is 0. The standard InChI is InChI=1S/C21H26O6/c1-7-13(3)19(22)25-11-21(12-26-21)16-10-17(24-6)15(5)9-18(16)27-20(23)14(4)8-2/h7-10H,11-12H2,1-6H3/b13-7+,14-8+/t21-/m0/s1. The van der Waals surface area contributed by atoms with Gasteiger partial charge in [0.25, 0.3) is 0 Å². The van der Waals surface area contributed by atoms with E-state index in [-0.39, 0.29) is 6.61 Å². The summed E-state index contributed by atoms with van der Waals surface area (Å²) in [6.45, 7) is 9.15. The van der Waals surface area contributed by atoms with Gasteiger partial charge in [-0.3, -0.25) is 0 Å². The van der Waals surface area contributed by atoms with E-state index in [2.05, 4.69) is 0 Å². The maximum atomic E-state index is 12.2. The zero-order valence-corrected chi connectivity index (χ0v) is 16.7. The van der Waals surface area contributed by atoms with Crippen molar-refractivity contribution in [2.24, 2.45) is 0 Å². The van der Waals surface area contributed by atoms with Gasteiger partial charge in [0.2, 0.25) is 0 Å². The van der Waals surface area contributed by atoms with Gasteiger partial charge in [0.05, 0.1) is 13.7 Å². The van der Waals surface area contributed by atoms with E-state index in [9.17, 15) is 9.59 Å². The minimum Gasteiger partial charge on any atom is -0.496 e. The Bertz CT molecular complexity index is 799. The zero-order valence-electron chi connectivity index (χ0n) is 16.7. The quantitative estimate of drug-likeness (QED) is 0.314. The molecule has 1 aromatic carbocycles.